The summed E-state index contributed by atoms with van der Waals surface area (Å²) in [7, 11) is 0. The van der Waals surface area contributed by atoms with E-state index in [1.165, 1.54) is 6.07 Å². The minimum atomic E-state index is -0.192. The van der Waals surface area contributed by atoms with Crippen LogP contribution < -0.4 is 5.32 Å². The maximum absolute atomic E-state index is 13.9. The van der Waals surface area contributed by atoms with Crippen LogP contribution in [0.4, 0.5) is 4.39 Å². The van der Waals surface area contributed by atoms with Crippen molar-refractivity contribution >= 4 is 15.9 Å². The normalized spacial score (nSPS) is 10.6. The number of rotatable bonds is 4. The van der Waals surface area contributed by atoms with Crippen LogP contribution in [0.25, 0.3) is 11.1 Å². The van der Waals surface area contributed by atoms with E-state index in [-0.39, 0.29) is 5.82 Å². The highest BCUT2D eigenvalue weighted by Crippen LogP contribution is 2.28. The van der Waals surface area contributed by atoms with Gasteiger partial charge in [-0.05, 0) is 35.9 Å². The smallest absolute Gasteiger partial charge is 0.131 e. The highest BCUT2D eigenvalue weighted by molar-refractivity contribution is 9.10. The van der Waals surface area contributed by atoms with Gasteiger partial charge in [-0.25, -0.2) is 4.39 Å². The number of nitrogens with one attached hydrogen (secondary N) is 1. The summed E-state index contributed by atoms with van der Waals surface area (Å²) in [6.45, 7) is 3.70. The van der Waals surface area contributed by atoms with Crippen LogP contribution >= 0.6 is 15.9 Å². The zero-order valence-electron chi connectivity index (χ0n) is 10.2. The molecular weight excluding hydrogens is 293 g/mol. The molecule has 2 aromatic rings. The molecule has 0 aromatic heterocycles. The summed E-state index contributed by atoms with van der Waals surface area (Å²) in [5, 5.41) is 3.27. The lowest BCUT2D eigenvalue weighted by Crippen LogP contribution is -2.12. The fourth-order valence-corrected chi connectivity index (χ4v) is 2.26. The zero-order valence-corrected chi connectivity index (χ0v) is 11.8. The Hall–Kier alpha value is -1.19. The molecule has 0 saturated heterocycles. The fourth-order valence-electron chi connectivity index (χ4n) is 1.90. The number of hydrogen-bond acceptors (Lipinski definition) is 1. The largest absolute Gasteiger partial charge is 0.313 e. The van der Waals surface area contributed by atoms with Gasteiger partial charge in [0.15, 0.2) is 0 Å². The Balaban J connectivity index is 2.46. The van der Waals surface area contributed by atoms with Gasteiger partial charge in [-0.1, -0.05) is 47.1 Å². The van der Waals surface area contributed by atoms with E-state index in [0.29, 0.717) is 5.56 Å². The van der Waals surface area contributed by atoms with Crippen LogP contribution in [0.3, 0.4) is 0 Å². The van der Waals surface area contributed by atoms with Gasteiger partial charge in [0, 0.05) is 16.6 Å². The number of hydrogen-bond donors (Lipinski definition) is 1. The fraction of sp³-hybridized carbons (Fsp3) is 0.200. The Kier molecular flexibility index (Phi) is 4.50. The van der Waals surface area contributed by atoms with E-state index in [1.54, 1.807) is 6.07 Å². The Labute approximate surface area is 115 Å². The lowest BCUT2D eigenvalue weighted by molar-refractivity contribution is 0.630. The van der Waals surface area contributed by atoms with Crippen molar-refractivity contribution in [3.63, 3.8) is 0 Å². The molecule has 0 bridgehead atoms. The molecule has 0 unspecified atom stereocenters. The van der Waals surface area contributed by atoms with Crippen molar-refractivity contribution in [2.24, 2.45) is 0 Å². The third-order valence-corrected chi connectivity index (χ3v) is 3.29. The molecule has 0 fully saturated rings. The van der Waals surface area contributed by atoms with E-state index in [2.05, 4.69) is 28.2 Å². The predicted molar refractivity (Wildman–Crippen MR) is 76.9 cm³/mol. The molecule has 2 aromatic carbocycles. The first kappa shape index (κ1) is 13.2. The van der Waals surface area contributed by atoms with Gasteiger partial charge >= 0.3 is 0 Å². The first-order valence-electron chi connectivity index (χ1n) is 5.96. The molecule has 0 spiro atoms. The highest BCUT2D eigenvalue weighted by Gasteiger charge is 2.09. The summed E-state index contributed by atoms with van der Waals surface area (Å²) in [5.41, 5.74) is 2.69. The molecule has 0 heterocycles. The van der Waals surface area contributed by atoms with Gasteiger partial charge in [0.2, 0.25) is 0 Å². The maximum atomic E-state index is 13.9. The van der Waals surface area contributed by atoms with Gasteiger partial charge in [0.05, 0.1) is 0 Å². The number of halogens is 2. The molecule has 0 aliphatic heterocycles. The van der Waals surface area contributed by atoms with Crippen molar-refractivity contribution in [1.82, 2.24) is 5.32 Å². The van der Waals surface area contributed by atoms with Crippen LogP contribution in [0.1, 0.15) is 12.5 Å². The molecule has 1 nitrogen and oxygen atoms in total. The van der Waals surface area contributed by atoms with Gasteiger partial charge in [-0.15, -0.1) is 0 Å². The quantitative estimate of drug-likeness (QED) is 0.884. The second-order valence-corrected chi connectivity index (χ2v) is 4.98. The zero-order chi connectivity index (χ0) is 13.0. The number of benzene rings is 2. The Morgan fingerprint density at radius 2 is 1.89 bits per heavy atom. The predicted octanol–water partition coefficient (Wildman–Crippen LogP) is 4.36. The summed E-state index contributed by atoms with van der Waals surface area (Å²) in [6.07, 6.45) is 0. The van der Waals surface area contributed by atoms with Gasteiger partial charge in [0.1, 0.15) is 5.82 Å². The average molecular weight is 308 g/mol. The summed E-state index contributed by atoms with van der Waals surface area (Å²) in [6, 6.07) is 12.9. The van der Waals surface area contributed by atoms with Crippen molar-refractivity contribution in [1.29, 1.82) is 0 Å². The first-order chi connectivity index (χ1) is 8.72. The second kappa shape index (κ2) is 6.12. The van der Waals surface area contributed by atoms with Crippen molar-refractivity contribution in [2.45, 2.75) is 13.5 Å². The Morgan fingerprint density at radius 3 is 2.67 bits per heavy atom. The maximum Gasteiger partial charge on any atom is 0.131 e. The molecule has 0 saturated carbocycles. The van der Waals surface area contributed by atoms with Gasteiger partial charge in [-0.2, -0.15) is 0 Å². The molecule has 0 atom stereocenters. The minimum Gasteiger partial charge on any atom is -0.313 e. The molecule has 0 aliphatic carbocycles. The second-order valence-electron chi connectivity index (χ2n) is 4.06. The first-order valence-corrected chi connectivity index (χ1v) is 6.75. The van der Waals surface area contributed by atoms with Crippen LogP contribution in [-0.4, -0.2) is 6.54 Å². The standard InChI is InChI=1S/C15H15BrFN/c1-2-18-10-11-5-3-4-6-13(11)14-9-12(16)7-8-15(14)17/h3-9,18H,2,10H2,1H3. The van der Waals surface area contributed by atoms with Crippen molar-refractivity contribution in [3.05, 3.63) is 58.3 Å². The Morgan fingerprint density at radius 1 is 1.11 bits per heavy atom. The van der Waals surface area contributed by atoms with E-state index >= 15 is 0 Å². The monoisotopic (exact) mass is 307 g/mol. The van der Waals surface area contributed by atoms with Crippen LogP contribution in [0.15, 0.2) is 46.9 Å². The van der Waals surface area contributed by atoms with Gasteiger partial charge in [-0.3, -0.25) is 0 Å². The van der Waals surface area contributed by atoms with Crippen LogP contribution in [0, 0.1) is 5.82 Å². The molecule has 18 heavy (non-hydrogen) atoms. The molecule has 1 N–H and O–H groups in total. The molecule has 94 valence electrons. The SMILES string of the molecule is CCNCc1ccccc1-c1cc(Br)ccc1F. The van der Waals surface area contributed by atoms with E-state index < -0.39 is 0 Å². The average Bonchev–Trinajstić information content (AvgIpc) is 2.39. The van der Waals surface area contributed by atoms with Crippen LogP contribution in [-0.2, 0) is 6.54 Å². The minimum absolute atomic E-state index is 0.192. The van der Waals surface area contributed by atoms with Crippen molar-refractivity contribution in [3.8, 4) is 11.1 Å². The van der Waals surface area contributed by atoms with E-state index in [1.807, 2.05) is 30.3 Å². The lowest BCUT2D eigenvalue weighted by Gasteiger charge is -2.11. The van der Waals surface area contributed by atoms with Crippen LogP contribution in [0.5, 0.6) is 0 Å². The Bertz CT molecular complexity index is 540. The topological polar surface area (TPSA) is 12.0 Å². The summed E-state index contributed by atoms with van der Waals surface area (Å²) < 4.78 is 14.8. The van der Waals surface area contributed by atoms with Crippen molar-refractivity contribution < 1.29 is 4.39 Å². The van der Waals surface area contributed by atoms with Gasteiger partial charge < -0.3 is 5.32 Å². The molecule has 0 aliphatic rings. The molecule has 2 rings (SSSR count). The molecule has 3 heteroatoms. The summed E-state index contributed by atoms with van der Waals surface area (Å²) in [5.74, 6) is -0.192. The lowest BCUT2D eigenvalue weighted by atomic mass is 9.99. The van der Waals surface area contributed by atoms with E-state index in [0.717, 1.165) is 28.7 Å². The summed E-state index contributed by atoms with van der Waals surface area (Å²) >= 11 is 3.39. The van der Waals surface area contributed by atoms with Crippen molar-refractivity contribution in [2.75, 3.05) is 6.54 Å². The highest BCUT2D eigenvalue weighted by atomic mass is 79.9. The third-order valence-electron chi connectivity index (χ3n) is 2.80. The van der Waals surface area contributed by atoms with E-state index in [4.69, 9.17) is 0 Å². The molecule has 0 radical (unpaired) electrons. The van der Waals surface area contributed by atoms with Crippen LogP contribution in [0.2, 0.25) is 0 Å². The van der Waals surface area contributed by atoms with Gasteiger partial charge in [0.25, 0.3) is 0 Å². The molecular formula is C15H15BrFN. The van der Waals surface area contributed by atoms with E-state index in [9.17, 15) is 4.39 Å². The summed E-state index contributed by atoms with van der Waals surface area (Å²) in [4.78, 5) is 0. The molecule has 0 amide bonds. The third kappa shape index (κ3) is 2.98.